The Hall–Kier alpha value is -2.05. The van der Waals surface area contributed by atoms with Gasteiger partial charge in [0.25, 0.3) is 0 Å². The Morgan fingerprint density at radius 3 is 1.94 bits per heavy atom. The zero-order chi connectivity index (χ0) is 13.0. The summed E-state index contributed by atoms with van der Waals surface area (Å²) >= 11 is 0. The zero-order valence-electron chi connectivity index (χ0n) is 8.61. The lowest BCUT2D eigenvalue weighted by Gasteiger charge is -2.17. The topological polar surface area (TPSA) is 112 Å². The molecule has 17 heavy (non-hydrogen) atoms. The van der Waals surface area contributed by atoms with Crippen LogP contribution in [0, 0.1) is 0 Å². The molecule has 0 aliphatic heterocycles. The van der Waals surface area contributed by atoms with Crippen LogP contribution in [-0.2, 0) is 4.79 Å². The van der Waals surface area contributed by atoms with Crippen LogP contribution in [0.4, 0.5) is 0 Å². The van der Waals surface area contributed by atoms with Crippen molar-refractivity contribution < 1.29 is 29.7 Å². The van der Waals surface area contributed by atoms with Gasteiger partial charge in [-0.2, -0.15) is 0 Å². The molecule has 0 radical (unpaired) electrons. The maximum absolute atomic E-state index is 10.7. The third-order valence-corrected chi connectivity index (χ3v) is 2.28. The number of carboxylic acid groups (broad SMARTS) is 1. The molecule has 2 atom stereocenters. The molecular weight excluding hydrogens is 228 g/mol. The van der Waals surface area contributed by atoms with Crippen LogP contribution in [0.1, 0.15) is 32.4 Å². The van der Waals surface area contributed by atoms with Crippen LogP contribution >= 0.6 is 0 Å². The highest BCUT2D eigenvalue weighted by atomic mass is 16.4. The Balaban J connectivity index is 3.32. The molecule has 6 nitrogen and oxygen atoms in total. The van der Waals surface area contributed by atoms with E-state index in [9.17, 15) is 24.6 Å². The van der Waals surface area contributed by atoms with Crippen LogP contribution < -0.4 is 0 Å². The second kappa shape index (κ2) is 5.33. The standard InChI is InChI=1S/C11H10O6/c12-4-6-2-1-3-7(5-13)8(6)9(14)10(15)11(16)17/h1-5,9-10,14-15H,(H,16,17). The fourth-order valence-corrected chi connectivity index (χ4v) is 1.44. The number of aliphatic hydroxyl groups is 2. The molecule has 0 spiro atoms. The highest BCUT2D eigenvalue weighted by Crippen LogP contribution is 2.23. The first-order chi connectivity index (χ1) is 8.02. The summed E-state index contributed by atoms with van der Waals surface area (Å²) in [4.78, 5) is 32.0. The minimum absolute atomic E-state index is 0.0394. The predicted molar refractivity (Wildman–Crippen MR) is 55.8 cm³/mol. The maximum atomic E-state index is 10.7. The summed E-state index contributed by atoms with van der Waals surface area (Å²) in [5, 5.41) is 27.4. The molecule has 1 aromatic rings. The Bertz CT molecular complexity index is 427. The van der Waals surface area contributed by atoms with Gasteiger partial charge in [-0.25, -0.2) is 4.79 Å². The predicted octanol–water partition coefficient (Wildman–Crippen LogP) is -0.210. The SMILES string of the molecule is O=Cc1cccc(C=O)c1C(O)C(O)C(=O)O. The summed E-state index contributed by atoms with van der Waals surface area (Å²) in [6.07, 6.45) is -3.19. The van der Waals surface area contributed by atoms with Crippen molar-refractivity contribution in [3.63, 3.8) is 0 Å². The number of carbonyl (C=O) groups excluding carboxylic acids is 2. The van der Waals surface area contributed by atoms with Gasteiger partial charge in [-0.15, -0.1) is 0 Å². The molecule has 0 bridgehead atoms. The van der Waals surface area contributed by atoms with Crippen LogP contribution in [0.3, 0.4) is 0 Å². The average Bonchev–Trinajstić information content (AvgIpc) is 2.35. The number of aldehydes is 2. The molecule has 1 aromatic carbocycles. The van der Waals surface area contributed by atoms with Gasteiger partial charge in [0.1, 0.15) is 18.7 Å². The molecule has 90 valence electrons. The first-order valence-electron chi connectivity index (χ1n) is 4.65. The van der Waals surface area contributed by atoms with Crippen LogP contribution in [0.2, 0.25) is 0 Å². The lowest BCUT2D eigenvalue weighted by atomic mass is 9.94. The lowest BCUT2D eigenvalue weighted by Crippen LogP contribution is -2.29. The number of carbonyl (C=O) groups is 3. The van der Waals surface area contributed by atoms with Gasteiger partial charge < -0.3 is 15.3 Å². The minimum atomic E-state index is -2.10. The van der Waals surface area contributed by atoms with Crippen LogP contribution in [0.25, 0.3) is 0 Å². The molecule has 6 heteroatoms. The number of benzene rings is 1. The molecule has 1 rings (SSSR count). The Morgan fingerprint density at radius 1 is 1.12 bits per heavy atom. The van der Waals surface area contributed by atoms with Gasteiger partial charge in [0.15, 0.2) is 6.10 Å². The van der Waals surface area contributed by atoms with Gasteiger partial charge in [0.05, 0.1) is 0 Å². The van der Waals surface area contributed by atoms with Crippen molar-refractivity contribution in [2.24, 2.45) is 0 Å². The van der Waals surface area contributed by atoms with E-state index in [0.717, 1.165) is 0 Å². The largest absolute Gasteiger partial charge is 0.479 e. The highest BCUT2D eigenvalue weighted by molar-refractivity contribution is 5.87. The molecule has 0 heterocycles. The van der Waals surface area contributed by atoms with Gasteiger partial charge in [0.2, 0.25) is 0 Å². The fraction of sp³-hybridized carbons (Fsp3) is 0.182. The number of aliphatic hydroxyl groups excluding tert-OH is 2. The molecule has 2 unspecified atom stereocenters. The van der Waals surface area contributed by atoms with Crippen LogP contribution in [0.15, 0.2) is 18.2 Å². The van der Waals surface area contributed by atoms with E-state index in [4.69, 9.17) is 5.11 Å². The van der Waals surface area contributed by atoms with E-state index in [0.29, 0.717) is 12.6 Å². The Kier molecular flexibility index (Phi) is 4.08. The average molecular weight is 238 g/mol. The monoisotopic (exact) mass is 238 g/mol. The highest BCUT2D eigenvalue weighted by Gasteiger charge is 2.28. The van der Waals surface area contributed by atoms with E-state index in [1.165, 1.54) is 18.2 Å². The summed E-state index contributed by atoms with van der Waals surface area (Å²) in [5.41, 5.74) is -0.266. The van der Waals surface area contributed by atoms with Crippen molar-refractivity contribution in [1.29, 1.82) is 0 Å². The minimum Gasteiger partial charge on any atom is -0.479 e. The van der Waals surface area contributed by atoms with Crippen LogP contribution in [0.5, 0.6) is 0 Å². The van der Waals surface area contributed by atoms with E-state index >= 15 is 0 Å². The normalized spacial score (nSPS) is 13.8. The van der Waals surface area contributed by atoms with Gasteiger partial charge in [-0.3, -0.25) is 9.59 Å². The Morgan fingerprint density at radius 2 is 1.59 bits per heavy atom. The second-order valence-electron chi connectivity index (χ2n) is 3.31. The Labute approximate surface area is 96.1 Å². The third-order valence-electron chi connectivity index (χ3n) is 2.28. The smallest absolute Gasteiger partial charge is 0.335 e. The molecule has 0 aliphatic rings. The number of aliphatic carboxylic acids is 1. The number of hydrogen-bond acceptors (Lipinski definition) is 5. The van der Waals surface area contributed by atoms with E-state index in [1.54, 1.807) is 0 Å². The van der Waals surface area contributed by atoms with Crippen LogP contribution in [-0.4, -0.2) is 40.0 Å². The van der Waals surface area contributed by atoms with E-state index < -0.39 is 18.2 Å². The zero-order valence-corrected chi connectivity index (χ0v) is 8.61. The molecule has 0 aliphatic carbocycles. The summed E-state index contributed by atoms with van der Waals surface area (Å²) in [6, 6.07) is 4.04. The first-order valence-corrected chi connectivity index (χ1v) is 4.65. The number of rotatable bonds is 5. The van der Waals surface area contributed by atoms with Crippen molar-refractivity contribution in [2.75, 3.05) is 0 Å². The molecule has 0 amide bonds. The summed E-state index contributed by atoms with van der Waals surface area (Å²) in [6.45, 7) is 0. The molecule has 0 saturated carbocycles. The molecule has 0 saturated heterocycles. The summed E-state index contributed by atoms with van der Waals surface area (Å²) < 4.78 is 0. The second-order valence-corrected chi connectivity index (χ2v) is 3.31. The van der Waals surface area contributed by atoms with Crippen molar-refractivity contribution in [3.8, 4) is 0 Å². The first kappa shape index (κ1) is 13.0. The summed E-state index contributed by atoms with van der Waals surface area (Å²) in [5.74, 6) is -1.64. The quantitative estimate of drug-likeness (QED) is 0.612. The third kappa shape index (κ3) is 2.55. The van der Waals surface area contributed by atoms with E-state index in [-0.39, 0.29) is 16.7 Å². The van der Waals surface area contributed by atoms with Crippen molar-refractivity contribution in [3.05, 3.63) is 34.9 Å². The van der Waals surface area contributed by atoms with Crippen molar-refractivity contribution in [2.45, 2.75) is 12.2 Å². The molecular formula is C11H10O6. The number of hydrogen-bond donors (Lipinski definition) is 3. The molecule has 0 fully saturated rings. The van der Waals surface area contributed by atoms with Gasteiger partial charge >= 0.3 is 5.97 Å². The van der Waals surface area contributed by atoms with Crippen molar-refractivity contribution >= 4 is 18.5 Å². The van der Waals surface area contributed by atoms with E-state index in [1.807, 2.05) is 0 Å². The van der Waals surface area contributed by atoms with Gasteiger partial charge in [-0.05, 0) is 0 Å². The van der Waals surface area contributed by atoms with E-state index in [2.05, 4.69) is 0 Å². The van der Waals surface area contributed by atoms with Gasteiger partial charge in [-0.1, -0.05) is 18.2 Å². The fourth-order valence-electron chi connectivity index (χ4n) is 1.44. The summed E-state index contributed by atoms with van der Waals surface area (Å²) in [7, 11) is 0. The van der Waals surface area contributed by atoms with Gasteiger partial charge in [0, 0.05) is 16.7 Å². The maximum Gasteiger partial charge on any atom is 0.335 e. The number of carboxylic acids is 1. The lowest BCUT2D eigenvalue weighted by molar-refractivity contribution is -0.153. The van der Waals surface area contributed by atoms with Crippen molar-refractivity contribution in [1.82, 2.24) is 0 Å². The molecule has 3 N–H and O–H groups in total. The molecule has 0 aromatic heterocycles.